The van der Waals surface area contributed by atoms with Crippen molar-refractivity contribution in [1.82, 2.24) is 14.5 Å². The highest BCUT2D eigenvalue weighted by Crippen LogP contribution is 2.31. The lowest BCUT2D eigenvalue weighted by molar-refractivity contribution is -0.135. The molecule has 0 unspecified atom stereocenters. The van der Waals surface area contributed by atoms with Gasteiger partial charge in [-0.2, -0.15) is 0 Å². The summed E-state index contributed by atoms with van der Waals surface area (Å²) in [5.41, 5.74) is 1.56. The maximum Gasteiger partial charge on any atom is 0.263 e. The summed E-state index contributed by atoms with van der Waals surface area (Å²) in [4.78, 5) is 32.5. The van der Waals surface area contributed by atoms with Gasteiger partial charge in [0.2, 0.25) is 5.91 Å². The largest absolute Gasteiger partial charge is 0.494 e. The van der Waals surface area contributed by atoms with Crippen LogP contribution in [0.2, 0.25) is 0 Å². The van der Waals surface area contributed by atoms with E-state index >= 15 is 0 Å². The Hall–Kier alpha value is -2.71. The van der Waals surface area contributed by atoms with E-state index in [0.717, 1.165) is 23.3 Å². The number of fused-ring (bicyclic) bond motifs is 1. The molecule has 152 valence electrons. The van der Waals surface area contributed by atoms with Crippen molar-refractivity contribution < 1.29 is 14.3 Å². The fourth-order valence-corrected chi connectivity index (χ4v) is 4.21. The van der Waals surface area contributed by atoms with E-state index in [-0.39, 0.29) is 18.0 Å². The first-order valence-electron chi connectivity index (χ1n) is 9.72. The summed E-state index contributed by atoms with van der Waals surface area (Å²) >= 11 is 1.43. The van der Waals surface area contributed by atoms with E-state index in [1.165, 1.54) is 22.2 Å². The lowest BCUT2D eigenvalue weighted by Gasteiger charge is -2.26. The molecule has 2 aromatic heterocycles. The molecule has 0 N–H and O–H groups in total. The molecule has 8 heteroatoms. The van der Waals surface area contributed by atoms with Crippen LogP contribution < -0.4 is 10.3 Å². The third-order valence-electron chi connectivity index (χ3n) is 4.87. The van der Waals surface area contributed by atoms with Gasteiger partial charge in [0, 0.05) is 24.0 Å². The van der Waals surface area contributed by atoms with E-state index < -0.39 is 0 Å². The fraction of sp³-hybridized carbons (Fsp3) is 0.381. The summed E-state index contributed by atoms with van der Waals surface area (Å²) in [7, 11) is 0. The van der Waals surface area contributed by atoms with Crippen molar-refractivity contribution in [3.8, 4) is 16.9 Å². The molecule has 4 rings (SSSR count). The average molecular weight is 413 g/mol. The van der Waals surface area contributed by atoms with Gasteiger partial charge in [-0.1, -0.05) is 19.1 Å². The highest BCUT2D eigenvalue weighted by Gasteiger charge is 2.19. The molecule has 1 amide bonds. The summed E-state index contributed by atoms with van der Waals surface area (Å²) in [5, 5.41) is 2.49. The lowest BCUT2D eigenvalue weighted by Crippen LogP contribution is -2.43. The first-order valence-corrected chi connectivity index (χ1v) is 10.6. The van der Waals surface area contributed by atoms with Gasteiger partial charge in [0.25, 0.3) is 5.56 Å². The van der Waals surface area contributed by atoms with Crippen LogP contribution >= 0.6 is 11.3 Å². The molecule has 1 aliphatic heterocycles. The summed E-state index contributed by atoms with van der Waals surface area (Å²) < 4.78 is 12.3. The second kappa shape index (κ2) is 8.75. The predicted molar refractivity (Wildman–Crippen MR) is 113 cm³/mol. The van der Waals surface area contributed by atoms with E-state index in [4.69, 9.17) is 9.47 Å². The number of nitrogens with zero attached hydrogens (tertiary/aromatic N) is 3. The number of carbonyl (C=O) groups is 1. The molecule has 1 aliphatic rings. The summed E-state index contributed by atoms with van der Waals surface area (Å²) in [5.74, 6) is 0.715. The Bertz CT molecular complexity index is 1050. The van der Waals surface area contributed by atoms with E-state index in [9.17, 15) is 9.59 Å². The standard InChI is InChI=1S/C21H23N3O4S/c1-2-9-28-16-5-3-15(4-6-16)17-13-29-20-19(17)21(26)24(14-22-20)12-18(25)23-7-10-27-11-8-23/h3-6,13-14H,2,7-12H2,1H3. The minimum Gasteiger partial charge on any atom is -0.494 e. The zero-order valence-electron chi connectivity index (χ0n) is 16.3. The highest BCUT2D eigenvalue weighted by atomic mass is 32.1. The smallest absolute Gasteiger partial charge is 0.263 e. The normalized spacial score (nSPS) is 14.3. The summed E-state index contributed by atoms with van der Waals surface area (Å²) in [6, 6.07) is 7.71. The van der Waals surface area contributed by atoms with Gasteiger partial charge < -0.3 is 14.4 Å². The zero-order valence-corrected chi connectivity index (χ0v) is 17.1. The highest BCUT2D eigenvalue weighted by molar-refractivity contribution is 7.17. The number of morpholine rings is 1. The molecule has 0 radical (unpaired) electrons. The van der Waals surface area contributed by atoms with Crippen LogP contribution in [0.1, 0.15) is 13.3 Å². The molecular formula is C21H23N3O4S. The number of amides is 1. The van der Waals surface area contributed by atoms with Crippen LogP contribution in [0.15, 0.2) is 40.8 Å². The number of carbonyl (C=O) groups excluding carboxylic acids is 1. The van der Waals surface area contributed by atoms with Crippen LogP contribution in [0.5, 0.6) is 5.75 Å². The molecule has 3 aromatic rings. The molecule has 29 heavy (non-hydrogen) atoms. The van der Waals surface area contributed by atoms with Gasteiger partial charge in [-0.05, 0) is 24.1 Å². The Labute approximate surface area is 172 Å². The van der Waals surface area contributed by atoms with Gasteiger partial charge in [0.15, 0.2) is 0 Å². The molecule has 3 heterocycles. The van der Waals surface area contributed by atoms with Crippen molar-refractivity contribution in [2.45, 2.75) is 19.9 Å². The van der Waals surface area contributed by atoms with Crippen molar-refractivity contribution in [3.05, 3.63) is 46.3 Å². The molecular weight excluding hydrogens is 390 g/mol. The number of thiophene rings is 1. The first-order chi connectivity index (χ1) is 14.2. The molecule has 0 atom stereocenters. The number of ether oxygens (including phenoxy) is 2. The molecule has 1 aromatic carbocycles. The lowest BCUT2D eigenvalue weighted by atomic mass is 10.1. The van der Waals surface area contributed by atoms with Crippen molar-refractivity contribution in [3.63, 3.8) is 0 Å². The first kappa shape index (κ1) is 19.6. The average Bonchev–Trinajstić information content (AvgIpc) is 3.20. The number of aromatic nitrogens is 2. The zero-order chi connectivity index (χ0) is 20.2. The number of benzene rings is 1. The van der Waals surface area contributed by atoms with E-state index in [1.807, 2.05) is 29.6 Å². The van der Waals surface area contributed by atoms with Gasteiger partial charge >= 0.3 is 0 Å². The fourth-order valence-electron chi connectivity index (χ4n) is 3.30. The van der Waals surface area contributed by atoms with Crippen molar-refractivity contribution in [2.75, 3.05) is 32.9 Å². The number of hydrogen-bond donors (Lipinski definition) is 0. The Balaban J connectivity index is 1.62. The van der Waals surface area contributed by atoms with E-state index in [0.29, 0.717) is 43.1 Å². The van der Waals surface area contributed by atoms with E-state index in [1.54, 1.807) is 4.90 Å². The van der Waals surface area contributed by atoms with Crippen LogP contribution in [0.25, 0.3) is 21.3 Å². The van der Waals surface area contributed by atoms with Gasteiger partial charge in [0.05, 0.1) is 31.5 Å². The van der Waals surface area contributed by atoms with Gasteiger partial charge in [-0.3, -0.25) is 14.2 Å². The second-order valence-electron chi connectivity index (χ2n) is 6.87. The summed E-state index contributed by atoms with van der Waals surface area (Å²) in [6.07, 6.45) is 2.41. The maximum absolute atomic E-state index is 13.1. The van der Waals surface area contributed by atoms with Crippen molar-refractivity contribution in [1.29, 1.82) is 0 Å². The van der Waals surface area contributed by atoms with Crippen molar-refractivity contribution in [2.24, 2.45) is 0 Å². The quantitative estimate of drug-likeness (QED) is 0.621. The third-order valence-corrected chi connectivity index (χ3v) is 5.75. The second-order valence-corrected chi connectivity index (χ2v) is 7.73. The molecule has 0 bridgehead atoms. The molecule has 1 saturated heterocycles. The molecule has 1 fully saturated rings. The molecule has 0 saturated carbocycles. The van der Waals surface area contributed by atoms with Crippen LogP contribution in [0, 0.1) is 0 Å². The summed E-state index contributed by atoms with van der Waals surface area (Å²) in [6.45, 7) is 4.90. The molecule has 0 spiro atoms. The van der Waals surface area contributed by atoms with Crippen molar-refractivity contribution >= 4 is 27.5 Å². The van der Waals surface area contributed by atoms with Gasteiger partial charge in [-0.25, -0.2) is 4.98 Å². The Kier molecular flexibility index (Phi) is 5.92. The number of hydrogen-bond acceptors (Lipinski definition) is 6. The topological polar surface area (TPSA) is 73.7 Å². The monoisotopic (exact) mass is 413 g/mol. The Morgan fingerprint density at radius 2 is 2.00 bits per heavy atom. The van der Waals surface area contributed by atoms with Crippen LogP contribution in [-0.4, -0.2) is 53.3 Å². The van der Waals surface area contributed by atoms with Gasteiger partial charge in [0.1, 0.15) is 17.1 Å². The minimum atomic E-state index is -0.195. The Morgan fingerprint density at radius 3 is 2.72 bits per heavy atom. The third kappa shape index (κ3) is 4.18. The Morgan fingerprint density at radius 1 is 1.24 bits per heavy atom. The van der Waals surface area contributed by atoms with Gasteiger partial charge in [-0.15, -0.1) is 11.3 Å². The SMILES string of the molecule is CCCOc1ccc(-c2csc3ncn(CC(=O)N4CCOCC4)c(=O)c23)cc1. The van der Waals surface area contributed by atoms with E-state index in [2.05, 4.69) is 11.9 Å². The molecule has 0 aliphatic carbocycles. The maximum atomic E-state index is 13.1. The number of rotatable bonds is 6. The van der Waals surface area contributed by atoms with Crippen LogP contribution in [0.3, 0.4) is 0 Å². The minimum absolute atomic E-state index is 0.0130. The predicted octanol–water partition coefficient (Wildman–Crippen LogP) is 2.77. The molecule has 7 nitrogen and oxygen atoms in total. The van der Waals surface area contributed by atoms with Crippen LogP contribution in [-0.2, 0) is 16.1 Å². The van der Waals surface area contributed by atoms with Crippen LogP contribution in [0.4, 0.5) is 0 Å².